The van der Waals surface area contributed by atoms with Crippen LogP contribution in [0.25, 0.3) is 11.0 Å². The first-order valence-electron chi connectivity index (χ1n) is 7.45. The van der Waals surface area contributed by atoms with Gasteiger partial charge in [-0.2, -0.15) is 0 Å². The lowest BCUT2D eigenvalue weighted by atomic mass is 9.80. The molecule has 1 fully saturated rings. The number of nitrogens with zero attached hydrogens (tertiary/aromatic N) is 3. The van der Waals surface area contributed by atoms with Crippen molar-refractivity contribution in [3.63, 3.8) is 0 Å². The molecule has 0 bridgehead atoms. The topological polar surface area (TPSA) is 29.0 Å². The number of likely N-dealkylation sites (tertiary alicyclic amines) is 1. The molecule has 1 atom stereocenters. The summed E-state index contributed by atoms with van der Waals surface area (Å²) in [5, 5.41) is 0. The molecule has 0 aromatic carbocycles. The first-order chi connectivity index (χ1) is 9.54. The fourth-order valence-electron chi connectivity index (χ4n) is 3.09. The SMILES string of the molecule is CC(C)(C)C1CCN(Cc2ccnc3cccnc23)C1. The molecule has 20 heavy (non-hydrogen) atoms. The quantitative estimate of drug-likeness (QED) is 0.835. The standard InChI is InChI=1S/C17H23N3/c1-17(2,3)14-7-10-20(12-14)11-13-6-9-18-15-5-4-8-19-16(13)15/h4-6,8-9,14H,7,10-12H2,1-3H3. The van der Waals surface area contributed by atoms with Gasteiger partial charge in [-0.1, -0.05) is 20.8 Å². The fraction of sp³-hybridized carbons (Fsp3) is 0.529. The number of fused-ring (bicyclic) bond motifs is 1. The van der Waals surface area contributed by atoms with Gasteiger partial charge in [0.15, 0.2) is 0 Å². The van der Waals surface area contributed by atoms with Gasteiger partial charge in [0.1, 0.15) is 0 Å². The lowest BCUT2D eigenvalue weighted by molar-refractivity contribution is 0.226. The van der Waals surface area contributed by atoms with Crippen LogP contribution in [0.1, 0.15) is 32.8 Å². The third kappa shape index (κ3) is 2.68. The Kier molecular flexibility index (Phi) is 3.47. The molecule has 3 heterocycles. The van der Waals surface area contributed by atoms with Gasteiger partial charge in [-0.15, -0.1) is 0 Å². The van der Waals surface area contributed by atoms with E-state index in [0.717, 1.165) is 23.5 Å². The van der Waals surface area contributed by atoms with E-state index in [1.165, 1.54) is 25.1 Å². The Hall–Kier alpha value is -1.48. The summed E-state index contributed by atoms with van der Waals surface area (Å²) in [6.45, 7) is 10.4. The molecule has 0 aliphatic carbocycles. The van der Waals surface area contributed by atoms with E-state index in [4.69, 9.17) is 0 Å². The molecule has 2 aromatic rings. The Morgan fingerprint density at radius 2 is 2.05 bits per heavy atom. The van der Waals surface area contributed by atoms with E-state index >= 15 is 0 Å². The summed E-state index contributed by atoms with van der Waals surface area (Å²) in [5.74, 6) is 0.795. The number of hydrogen-bond acceptors (Lipinski definition) is 3. The van der Waals surface area contributed by atoms with Crippen molar-refractivity contribution in [3.8, 4) is 0 Å². The molecule has 2 aromatic heterocycles. The lowest BCUT2D eigenvalue weighted by Gasteiger charge is -2.27. The fourth-order valence-corrected chi connectivity index (χ4v) is 3.09. The van der Waals surface area contributed by atoms with Crippen molar-refractivity contribution >= 4 is 11.0 Å². The second-order valence-electron chi connectivity index (χ2n) is 6.93. The molecule has 3 heteroatoms. The Labute approximate surface area is 121 Å². The van der Waals surface area contributed by atoms with Gasteiger partial charge >= 0.3 is 0 Å². The van der Waals surface area contributed by atoms with Crippen molar-refractivity contribution in [1.29, 1.82) is 0 Å². The Balaban J connectivity index is 1.78. The monoisotopic (exact) mass is 269 g/mol. The predicted molar refractivity (Wildman–Crippen MR) is 82.4 cm³/mol. The van der Waals surface area contributed by atoms with Gasteiger partial charge in [-0.05, 0) is 48.1 Å². The highest BCUT2D eigenvalue weighted by molar-refractivity contribution is 5.77. The van der Waals surface area contributed by atoms with Crippen LogP contribution in [-0.2, 0) is 6.54 Å². The third-order valence-corrected chi connectivity index (χ3v) is 4.47. The molecule has 0 spiro atoms. The Morgan fingerprint density at radius 1 is 1.20 bits per heavy atom. The summed E-state index contributed by atoms with van der Waals surface area (Å²) in [4.78, 5) is 11.4. The van der Waals surface area contributed by atoms with Gasteiger partial charge in [-0.25, -0.2) is 0 Å². The van der Waals surface area contributed by atoms with Crippen LogP contribution in [0.2, 0.25) is 0 Å². The number of hydrogen-bond donors (Lipinski definition) is 0. The average molecular weight is 269 g/mol. The maximum atomic E-state index is 4.50. The normalized spacial score (nSPS) is 20.6. The molecular weight excluding hydrogens is 246 g/mol. The molecule has 0 N–H and O–H groups in total. The largest absolute Gasteiger partial charge is 0.299 e. The second-order valence-corrected chi connectivity index (χ2v) is 6.93. The summed E-state index contributed by atoms with van der Waals surface area (Å²) in [6, 6.07) is 6.10. The van der Waals surface area contributed by atoms with Gasteiger partial charge in [0, 0.05) is 25.5 Å². The van der Waals surface area contributed by atoms with Crippen LogP contribution in [0.15, 0.2) is 30.6 Å². The zero-order valence-corrected chi connectivity index (χ0v) is 12.6. The van der Waals surface area contributed by atoms with E-state index in [0.29, 0.717) is 5.41 Å². The smallest absolute Gasteiger partial charge is 0.0931 e. The highest BCUT2D eigenvalue weighted by Crippen LogP contribution is 2.34. The zero-order chi connectivity index (χ0) is 14.2. The highest BCUT2D eigenvalue weighted by atomic mass is 15.1. The van der Waals surface area contributed by atoms with Crippen molar-refractivity contribution in [2.75, 3.05) is 13.1 Å². The van der Waals surface area contributed by atoms with E-state index < -0.39 is 0 Å². The van der Waals surface area contributed by atoms with Gasteiger partial charge in [0.2, 0.25) is 0 Å². The van der Waals surface area contributed by atoms with Gasteiger partial charge in [0.05, 0.1) is 11.0 Å². The third-order valence-electron chi connectivity index (χ3n) is 4.47. The van der Waals surface area contributed by atoms with Crippen LogP contribution in [0.4, 0.5) is 0 Å². The van der Waals surface area contributed by atoms with Gasteiger partial charge in [0.25, 0.3) is 0 Å². The van der Waals surface area contributed by atoms with Crippen LogP contribution < -0.4 is 0 Å². The van der Waals surface area contributed by atoms with Gasteiger partial charge in [-0.3, -0.25) is 14.9 Å². The molecule has 0 saturated carbocycles. The molecule has 1 unspecified atom stereocenters. The van der Waals surface area contributed by atoms with Crippen LogP contribution >= 0.6 is 0 Å². The predicted octanol–water partition coefficient (Wildman–Crippen LogP) is 3.50. The molecule has 3 rings (SSSR count). The van der Waals surface area contributed by atoms with Crippen LogP contribution in [0, 0.1) is 11.3 Å². The average Bonchev–Trinajstić information content (AvgIpc) is 2.88. The minimum absolute atomic E-state index is 0.410. The second kappa shape index (κ2) is 5.13. The van der Waals surface area contributed by atoms with Crippen LogP contribution in [0.3, 0.4) is 0 Å². The molecule has 0 amide bonds. The lowest BCUT2D eigenvalue weighted by Crippen LogP contribution is -2.25. The van der Waals surface area contributed by atoms with Crippen molar-refractivity contribution in [1.82, 2.24) is 14.9 Å². The number of pyridine rings is 2. The Bertz CT molecular complexity index is 595. The molecule has 1 saturated heterocycles. The summed E-state index contributed by atoms with van der Waals surface area (Å²) in [7, 11) is 0. The van der Waals surface area contributed by atoms with E-state index in [9.17, 15) is 0 Å². The van der Waals surface area contributed by atoms with E-state index in [-0.39, 0.29) is 0 Å². The van der Waals surface area contributed by atoms with Gasteiger partial charge < -0.3 is 0 Å². The van der Waals surface area contributed by atoms with Crippen molar-refractivity contribution in [3.05, 3.63) is 36.2 Å². The molecule has 1 aliphatic heterocycles. The zero-order valence-electron chi connectivity index (χ0n) is 12.6. The van der Waals surface area contributed by atoms with Crippen molar-refractivity contribution < 1.29 is 0 Å². The van der Waals surface area contributed by atoms with E-state index in [2.05, 4.69) is 41.7 Å². The molecule has 1 aliphatic rings. The highest BCUT2D eigenvalue weighted by Gasteiger charge is 2.31. The number of rotatable bonds is 2. The summed E-state index contributed by atoms with van der Waals surface area (Å²) >= 11 is 0. The minimum Gasteiger partial charge on any atom is -0.299 e. The maximum Gasteiger partial charge on any atom is 0.0931 e. The van der Waals surface area contributed by atoms with E-state index in [1.807, 2.05) is 24.5 Å². The molecule has 0 radical (unpaired) electrons. The summed E-state index contributed by atoms with van der Waals surface area (Å²) in [5.41, 5.74) is 3.75. The number of aromatic nitrogens is 2. The first-order valence-corrected chi connectivity index (χ1v) is 7.45. The van der Waals surface area contributed by atoms with Crippen molar-refractivity contribution in [2.45, 2.75) is 33.7 Å². The summed E-state index contributed by atoms with van der Waals surface area (Å²) in [6.07, 6.45) is 5.06. The summed E-state index contributed by atoms with van der Waals surface area (Å²) < 4.78 is 0. The molecule has 106 valence electrons. The molecular formula is C17H23N3. The maximum absolute atomic E-state index is 4.50. The van der Waals surface area contributed by atoms with E-state index in [1.54, 1.807) is 0 Å². The minimum atomic E-state index is 0.410. The Morgan fingerprint density at radius 3 is 2.80 bits per heavy atom. The van der Waals surface area contributed by atoms with Crippen molar-refractivity contribution in [2.24, 2.45) is 11.3 Å². The molecule has 3 nitrogen and oxygen atoms in total. The van der Waals surface area contributed by atoms with Crippen LogP contribution in [0.5, 0.6) is 0 Å². The van der Waals surface area contributed by atoms with Crippen LogP contribution in [-0.4, -0.2) is 28.0 Å². The first kappa shape index (κ1) is 13.5.